The van der Waals surface area contributed by atoms with Gasteiger partial charge in [0, 0.05) is 41.9 Å². The molecule has 0 N–H and O–H groups in total. The normalized spacial score (nSPS) is 17.7. The average Bonchev–Trinajstić information content (AvgIpc) is 3.24. The maximum atomic E-state index is 6.41. The van der Waals surface area contributed by atoms with Crippen LogP contribution < -0.4 is 9.30 Å². The average molecular weight is 482 g/mol. The van der Waals surface area contributed by atoms with Crippen LogP contribution in [0.4, 0.5) is 0 Å². The molecule has 0 bridgehead atoms. The largest absolute Gasteiger partial charge is 0.493 e. The lowest BCUT2D eigenvalue weighted by Crippen LogP contribution is -2.37. The molecule has 36 heavy (non-hydrogen) atoms. The number of ether oxygens (including phenoxy) is 1. The molecule has 2 fully saturated rings. The Hall–Kier alpha value is -2.81. The summed E-state index contributed by atoms with van der Waals surface area (Å²) in [5.41, 5.74) is 5.45. The van der Waals surface area contributed by atoms with Gasteiger partial charge in [0.2, 0.25) is 5.69 Å². The number of aryl methyl sites for hydroxylation is 1. The van der Waals surface area contributed by atoms with Crippen molar-refractivity contribution in [2.45, 2.75) is 84.2 Å². The number of hydrogen-bond donors (Lipinski definition) is 0. The summed E-state index contributed by atoms with van der Waals surface area (Å²) in [7, 11) is 0. The van der Waals surface area contributed by atoms with Gasteiger partial charge in [-0.1, -0.05) is 68.9 Å². The zero-order valence-electron chi connectivity index (χ0n) is 21.9. The third-order valence-corrected chi connectivity index (χ3v) is 8.84. The lowest BCUT2D eigenvalue weighted by Gasteiger charge is -2.23. The molecule has 6 rings (SSSR count). The first-order valence-corrected chi connectivity index (χ1v) is 14.4. The molecule has 0 aliphatic heterocycles. The zero-order chi connectivity index (χ0) is 24.3. The van der Waals surface area contributed by atoms with Crippen LogP contribution in [0.5, 0.6) is 5.75 Å². The van der Waals surface area contributed by atoms with Gasteiger partial charge < -0.3 is 9.30 Å². The number of fused-ring (bicyclic) bond motifs is 3. The van der Waals surface area contributed by atoms with Crippen LogP contribution >= 0.6 is 0 Å². The summed E-state index contributed by atoms with van der Waals surface area (Å²) in [6.45, 7) is 5.19. The highest BCUT2D eigenvalue weighted by atomic mass is 16.5. The van der Waals surface area contributed by atoms with E-state index in [1.807, 2.05) is 0 Å². The number of benzene rings is 2. The van der Waals surface area contributed by atoms with E-state index in [0.717, 1.165) is 37.3 Å². The van der Waals surface area contributed by atoms with Gasteiger partial charge in [0.15, 0.2) is 12.7 Å². The maximum Gasteiger partial charge on any atom is 0.203 e. The fourth-order valence-corrected chi connectivity index (χ4v) is 6.75. The summed E-state index contributed by atoms with van der Waals surface area (Å²) in [5, 5.41) is 2.74. The number of hydrogen-bond acceptors (Lipinski definition) is 1. The number of rotatable bonds is 7. The van der Waals surface area contributed by atoms with Gasteiger partial charge in [-0.3, -0.25) is 0 Å². The third kappa shape index (κ3) is 4.90. The minimum Gasteiger partial charge on any atom is -0.493 e. The van der Waals surface area contributed by atoms with Crippen LogP contribution in [0.15, 0.2) is 60.8 Å². The smallest absolute Gasteiger partial charge is 0.203 e. The Morgan fingerprint density at radius 2 is 1.53 bits per heavy atom. The molecular weight excluding hydrogens is 440 g/mol. The topological polar surface area (TPSA) is 18.0 Å². The number of aromatic nitrogens is 2. The first-order chi connectivity index (χ1) is 17.8. The maximum absolute atomic E-state index is 6.41. The van der Waals surface area contributed by atoms with E-state index in [1.165, 1.54) is 97.3 Å². The molecule has 2 aromatic heterocycles. The predicted octanol–water partition coefficient (Wildman–Crippen LogP) is 7.98. The Morgan fingerprint density at radius 3 is 2.28 bits per heavy atom. The van der Waals surface area contributed by atoms with Crippen LogP contribution in [0, 0.1) is 18.8 Å². The molecule has 4 aromatic rings. The van der Waals surface area contributed by atoms with Crippen molar-refractivity contribution in [2.24, 2.45) is 11.8 Å². The Balaban J connectivity index is 1.39. The molecule has 3 nitrogen and oxygen atoms in total. The van der Waals surface area contributed by atoms with Crippen molar-refractivity contribution in [3.63, 3.8) is 0 Å². The van der Waals surface area contributed by atoms with Gasteiger partial charge in [0.25, 0.3) is 0 Å². The molecule has 0 spiro atoms. The summed E-state index contributed by atoms with van der Waals surface area (Å²) in [6.07, 6.45) is 15.9. The van der Waals surface area contributed by atoms with E-state index in [9.17, 15) is 0 Å². The van der Waals surface area contributed by atoms with Gasteiger partial charge in [-0.2, -0.15) is 4.57 Å². The van der Waals surface area contributed by atoms with Gasteiger partial charge in [0.1, 0.15) is 11.3 Å². The highest BCUT2D eigenvalue weighted by Gasteiger charge is 2.23. The first kappa shape index (κ1) is 23.6. The fraction of sp³-hybridized carbons (Fsp3) is 0.485. The molecule has 0 radical (unpaired) electrons. The van der Waals surface area contributed by atoms with Crippen LogP contribution in [0.1, 0.15) is 75.5 Å². The molecule has 2 aliphatic rings. The Morgan fingerprint density at radius 1 is 0.806 bits per heavy atom. The number of pyridine rings is 1. The van der Waals surface area contributed by atoms with Gasteiger partial charge in [-0.25, -0.2) is 0 Å². The van der Waals surface area contributed by atoms with E-state index in [1.54, 1.807) is 0 Å². The molecule has 2 aliphatic carbocycles. The van der Waals surface area contributed by atoms with Crippen molar-refractivity contribution < 1.29 is 9.30 Å². The zero-order valence-corrected chi connectivity index (χ0v) is 21.9. The van der Waals surface area contributed by atoms with Crippen LogP contribution in [0.25, 0.3) is 21.8 Å². The molecule has 2 heterocycles. The third-order valence-electron chi connectivity index (χ3n) is 8.84. The van der Waals surface area contributed by atoms with Gasteiger partial charge >= 0.3 is 0 Å². The van der Waals surface area contributed by atoms with Gasteiger partial charge in [0.05, 0.1) is 12.1 Å². The Labute approximate surface area is 216 Å². The van der Waals surface area contributed by atoms with Gasteiger partial charge in [-0.15, -0.1) is 0 Å². The summed E-state index contributed by atoms with van der Waals surface area (Å²) < 4.78 is 11.5. The Kier molecular flexibility index (Phi) is 6.98. The second-order valence-corrected chi connectivity index (χ2v) is 11.4. The predicted molar refractivity (Wildman–Crippen MR) is 149 cm³/mol. The van der Waals surface area contributed by atoms with Crippen molar-refractivity contribution >= 4 is 21.8 Å². The second-order valence-electron chi connectivity index (χ2n) is 11.4. The van der Waals surface area contributed by atoms with Crippen LogP contribution in [0.3, 0.4) is 0 Å². The van der Waals surface area contributed by atoms with Crippen LogP contribution in [-0.4, -0.2) is 11.2 Å². The quantitative estimate of drug-likeness (QED) is 0.245. The highest BCUT2D eigenvalue weighted by molar-refractivity contribution is 6.08. The molecule has 188 valence electrons. The van der Waals surface area contributed by atoms with E-state index in [2.05, 4.69) is 76.9 Å². The first-order valence-electron chi connectivity index (χ1n) is 14.4. The molecule has 0 unspecified atom stereocenters. The summed E-state index contributed by atoms with van der Waals surface area (Å²) in [5.74, 6) is 2.53. The summed E-state index contributed by atoms with van der Waals surface area (Å²) >= 11 is 0. The van der Waals surface area contributed by atoms with Crippen molar-refractivity contribution in [2.75, 3.05) is 6.61 Å². The van der Waals surface area contributed by atoms with E-state index in [-0.39, 0.29) is 0 Å². The highest BCUT2D eigenvalue weighted by Crippen LogP contribution is 2.35. The number of nitrogens with zero attached hydrogens (tertiary/aromatic N) is 2. The van der Waals surface area contributed by atoms with E-state index in [4.69, 9.17) is 4.74 Å². The van der Waals surface area contributed by atoms with Crippen molar-refractivity contribution in [3.8, 4) is 5.75 Å². The van der Waals surface area contributed by atoms with E-state index < -0.39 is 0 Å². The van der Waals surface area contributed by atoms with Crippen molar-refractivity contribution in [3.05, 3.63) is 72.1 Å². The SMILES string of the molecule is Cc1c2c(cc[n+]1Cc1ccccc1)c1ccc(OCC3CCCCC3)cc1n2CC1CCCCC1. The Bertz CT molecular complexity index is 1310. The fourth-order valence-electron chi connectivity index (χ4n) is 6.75. The van der Waals surface area contributed by atoms with E-state index >= 15 is 0 Å². The minimum atomic E-state index is 0.724. The lowest BCUT2D eigenvalue weighted by molar-refractivity contribution is -0.693. The van der Waals surface area contributed by atoms with Crippen molar-refractivity contribution in [1.29, 1.82) is 0 Å². The summed E-state index contributed by atoms with van der Waals surface area (Å²) in [6, 6.07) is 20.0. The standard InChI is InChI=1S/C33H41N2O/c1-25-33-31(19-20-34(25)22-26-11-5-2-6-12-26)30-18-17-29(36-24-28-15-9-4-10-16-28)21-32(30)35(33)23-27-13-7-3-8-14-27/h2,5-6,11-12,17-21,27-28H,3-4,7-10,13-16,22-24H2,1H3/q+1. The molecule has 2 aromatic carbocycles. The lowest BCUT2D eigenvalue weighted by atomic mass is 9.89. The van der Waals surface area contributed by atoms with Crippen LogP contribution in [0.2, 0.25) is 0 Å². The van der Waals surface area contributed by atoms with E-state index in [0.29, 0.717) is 0 Å². The van der Waals surface area contributed by atoms with Crippen LogP contribution in [-0.2, 0) is 13.1 Å². The summed E-state index contributed by atoms with van der Waals surface area (Å²) in [4.78, 5) is 0. The molecule has 0 saturated heterocycles. The molecule has 3 heteroatoms. The van der Waals surface area contributed by atoms with Crippen molar-refractivity contribution in [1.82, 2.24) is 4.57 Å². The molecule has 0 amide bonds. The molecular formula is C33H41N2O+. The monoisotopic (exact) mass is 481 g/mol. The molecule has 2 saturated carbocycles. The van der Waals surface area contributed by atoms with Gasteiger partial charge in [-0.05, 0) is 49.7 Å². The second kappa shape index (κ2) is 10.7. The molecule has 0 atom stereocenters. The minimum absolute atomic E-state index is 0.724.